The van der Waals surface area contributed by atoms with Gasteiger partial charge in [0, 0.05) is 43.4 Å². The number of benzene rings is 3. The molecule has 0 bridgehead atoms. The van der Waals surface area contributed by atoms with Crippen LogP contribution in [0.3, 0.4) is 0 Å². The second kappa shape index (κ2) is 17.5. The summed E-state index contributed by atoms with van der Waals surface area (Å²) in [5.41, 5.74) is 0.914. The standard InChI is InChI=1S/C31H34N4O12/c1-3-32(30(38)46-20-22-5-9-25(10-6-22)34(40)41)13-15-44-27-17-24(29(36)37)18-28(19-27)45-16-14-33(4-2)31(39)47-21-23-7-11-26(12-8-23)35(42)43/h5-12,17-19H,3-4,13-16,20-21H2,1-2H3,(H,36,37). The number of amides is 2. The lowest BCUT2D eigenvalue weighted by atomic mass is 10.2. The van der Waals surface area contributed by atoms with Crippen molar-refractivity contribution in [1.82, 2.24) is 9.80 Å². The summed E-state index contributed by atoms with van der Waals surface area (Å²) < 4.78 is 22.0. The summed E-state index contributed by atoms with van der Waals surface area (Å²) in [6, 6.07) is 15.4. The first-order chi connectivity index (χ1) is 22.5. The van der Waals surface area contributed by atoms with E-state index >= 15 is 0 Å². The molecule has 16 heteroatoms. The fourth-order valence-electron chi connectivity index (χ4n) is 4.07. The topological polar surface area (TPSA) is 201 Å². The fourth-order valence-corrected chi connectivity index (χ4v) is 4.07. The van der Waals surface area contributed by atoms with Crippen molar-refractivity contribution in [3.8, 4) is 11.5 Å². The van der Waals surface area contributed by atoms with Crippen molar-refractivity contribution in [3.05, 3.63) is 104 Å². The van der Waals surface area contributed by atoms with Crippen molar-refractivity contribution in [2.45, 2.75) is 27.1 Å². The summed E-state index contributed by atoms with van der Waals surface area (Å²) in [4.78, 5) is 60.1. The second-order valence-electron chi connectivity index (χ2n) is 9.81. The number of nitro groups is 2. The molecule has 16 nitrogen and oxygen atoms in total. The highest BCUT2D eigenvalue weighted by molar-refractivity contribution is 5.88. The number of aromatic carboxylic acids is 1. The molecule has 0 aromatic heterocycles. The van der Waals surface area contributed by atoms with Crippen LogP contribution in [-0.4, -0.2) is 82.3 Å². The Morgan fingerprint density at radius 2 is 1.06 bits per heavy atom. The summed E-state index contributed by atoms with van der Waals surface area (Å²) in [6.45, 7) is 4.19. The van der Waals surface area contributed by atoms with E-state index in [9.17, 15) is 39.7 Å². The monoisotopic (exact) mass is 654 g/mol. The van der Waals surface area contributed by atoms with Gasteiger partial charge in [-0.2, -0.15) is 0 Å². The van der Waals surface area contributed by atoms with Crippen molar-refractivity contribution in [3.63, 3.8) is 0 Å². The highest BCUT2D eigenvalue weighted by atomic mass is 16.6. The van der Waals surface area contributed by atoms with Gasteiger partial charge >= 0.3 is 18.2 Å². The zero-order valence-corrected chi connectivity index (χ0v) is 25.7. The van der Waals surface area contributed by atoms with Crippen molar-refractivity contribution in [1.29, 1.82) is 0 Å². The quantitative estimate of drug-likeness (QED) is 0.146. The van der Waals surface area contributed by atoms with Gasteiger partial charge in [-0.3, -0.25) is 20.2 Å². The van der Waals surface area contributed by atoms with E-state index in [-0.39, 0.29) is 68.0 Å². The molecular weight excluding hydrogens is 620 g/mol. The third-order valence-electron chi connectivity index (χ3n) is 6.69. The maximum atomic E-state index is 12.5. The number of non-ortho nitro benzene ring substituents is 2. The van der Waals surface area contributed by atoms with Crippen LogP contribution in [0, 0.1) is 20.2 Å². The zero-order valence-electron chi connectivity index (χ0n) is 25.7. The number of hydrogen-bond acceptors (Lipinski definition) is 11. The fraction of sp³-hybridized carbons (Fsp3) is 0.323. The Morgan fingerprint density at radius 3 is 1.38 bits per heavy atom. The van der Waals surface area contributed by atoms with Crippen LogP contribution in [0.5, 0.6) is 11.5 Å². The van der Waals surface area contributed by atoms with Crippen LogP contribution >= 0.6 is 0 Å². The number of carboxylic acid groups (broad SMARTS) is 1. The van der Waals surface area contributed by atoms with E-state index in [1.165, 1.54) is 76.5 Å². The van der Waals surface area contributed by atoms with Gasteiger partial charge in [-0.25, -0.2) is 14.4 Å². The molecule has 3 aromatic rings. The molecule has 0 saturated carbocycles. The van der Waals surface area contributed by atoms with Crippen molar-refractivity contribution < 1.29 is 48.3 Å². The molecule has 0 aliphatic heterocycles. The lowest BCUT2D eigenvalue weighted by Crippen LogP contribution is -2.35. The molecule has 0 spiro atoms. The minimum absolute atomic E-state index is 0.00714. The van der Waals surface area contributed by atoms with Gasteiger partial charge in [-0.05, 0) is 61.4 Å². The molecule has 0 saturated heterocycles. The lowest BCUT2D eigenvalue weighted by molar-refractivity contribution is -0.385. The summed E-state index contributed by atoms with van der Waals surface area (Å²) in [7, 11) is 0. The SMILES string of the molecule is CCN(CCOc1cc(OCCN(CC)C(=O)OCc2ccc([N+](=O)[O-])cc2)cc(C(=O)O)c1)C(=O)OCc1ccc([N+](=O)[O-])cc1. The molecule has 0 aliphatic carbocycles. The minimum Gasteiger partial charge on any atom is -0.492 e. The smallest absolute Gasteiger partial charge is 0.410 e. The maximum Gasteiger partial charge on any atom is 0.410 e. The Kier molecular flexibility index (Phi) is 13.3. The van der Waals surface area contributed by atoms with Crippen LogP contribution < -0.4 is 9.47 Å². The molecule has 47 heavy (non-hydrogen) atoms. The van der Waals surface area contributed by atoms with Gasteiger partial charge in [0.25, 0.3) is 11.4 Å². The summed E-state index contributed by atoms with van der Waals surface area (Å²) in [5, 5.41) is 31.2. The molecule has 0 radical (unpaired) electrons. The summed E-state index contributed by atoms with van der Waals surface area (Å²) in [5.74, 6) is -0.842. The van der Waals surface area contributed by atoms with E-state index in [0.29, 0.717) is 24.2 Å². The van der Waals surface area contributed by atoms with Gasteiger partial charge in [0.15, 0.2) is 0 Å². The van der Waals surface area contributed by atoms with Crippen LogP contribution in [0.4, 0.5) is 21.0 Å². The molecule has 3 aromatic carbocycles. The molecule has 3 rings (SSSR count). The minimum atomic E-state index is -1.21. The Labute approximate surface area is 269 Å². The normalized spacial score (nSPS) is 10.4. The number of carboxylic acids is 1. The zero-order chi connectivity index (χ0) is 34.3. The van der Waals surface area contributed by atoms with Gasteiger partial charge in [-0.1, -0.05) is 0 Å². The third kappa shape index (κ3) is 11.2. The number of carbonyl (C=O) groups excluding carboxylic acids is 2. The average Bonchev–Trinajstić information content (AvgIpc) is 3.06. The highest BCUT2D eigenvalue weighted by Crippen LogP contribution is 2.24. The van der Waals surface area contributed by atoms with E-state index in [1.54, 1.807) is 13.8 Å². The van der Waals surface area contributed by atoms with Gasteiger partial charge in [0.05, 0.1) is 28.5 Å². The molecule has 250 valence electrons. The largest absolute Gasteiger partial charge is 0.492 e. The first-order valence-corrected chi connectivity index (χ1v) is 14.4. The Balaban J connectivity index is 1.49. The summed E-state index contributed by atoms with van der Waals surface area (Å²) in [6.07, 6.45) is -1.24. The van der Waals surface area contributed by atoms with Crippen molar-refractivity contribution in [2.24, 2.45) is 0 Å². The van der Waals surface area contributed by atoms with Gasteiger partial charge in [0.2, 0.25) is 0 Å². The van der Waals surface area contributed by atoms with E-state index < -0.39 is 28.0 Å². The number of hydrogen-bond donors (Lipinski definition) is 1. The van der Waals surface area contributed by atoms with Crippen LogP contribution in [0.25, 0.3) is 0 Å². The van der Waals surface area contributed by atoms with Gasteiger partial charge in [-0.15, -0.1) is 0 Å². The predicted octanol–water partition coefficient (Wildman–Crippen LogP) is 5.28. The predicted molar refractivity (Wildman–Crippen MR) is 165 cm³/mol. The molecule has 0 unspecified atom stereocenters. The van der Waals surface area contributed by atoms with E-state index in [1.807, 2.05) is 0 Å². The first-order valence-electron chi connectivity index (χ1n) is 14.4. The van der Waals surface area contributed by atoms with Crippen molar-refractivity contribution >= 4 is 29.5 Å². The number of nitrogens with zero attached hydrogens (tertiary/aromatic N) is 4. The lowest BCUT2D eigenvalue weighted by Gasteiger charge is -2.21. The highest BCUT2D eigenvalue weighted by Gasteiger charge is 2.17. The molecule has 0 fully saturated rings. The van der Waals surface area contributed by atoms with Crippen LogP contribution in [0.1, 0.15) is 35.3 Å². The Bertz CT molecular complexity index is 1440. The molecule has 1 N–H and O–H groups in total. The Morgan fingerprint density at radius 1 is 0.681 bits per heavy atom. The number of ether oxygens (including phenoxy) is 4. The molecule has 0 aliphatic rings. The molecular formula is C31H34N4O12. The molecule has 0 heterocycles. The number of likely N-dealkylation sites (N-methyl/N-ethyl adjacent to an activating group) is 2. The number of carbonyl (C=O) groups is 3. The number of rotatable bonds is 17. The molecule has 0 atom stereocenters. The van der Waals surface area contributed by atoms with Gasteiger partial charge < -0.3 is 33.9 Å². The van der Waals surface area contributed by atoms with Crippen LogP contribution in [0.15, 0.2) is 66.7 Å². The van der Waals surface area contributed by atoms with E-state index in [4.69, 9.17) is 18.9 Å². The number of nitro benzene ring substituents is 2. The molecule has 2 amide bonds. The second-order valence-corrected chi connectivity index (χ2v) is 9.81. The average molecular weight is 655 g/mol. The maximum absolute atomic E-state index is 12.5. The summed E-state index contributed by atoms with van der Waals surface area (Å²) >= 11 is 0. The van der Waals surface area contributed by atoms with Crippen molar-refractivity contribution in [2.75, 3.05) is 39.4 Å². The van der Waals surface area contributed by atoms with E-state index in [0.717, 1.165) is 0 Å². The third-order valence-corrected chi connectivity index (χ3v) is 6.69. The van der Waals surface area contributed by atoms with Crippen LogP contribution in [0.2, 0.25) is 0 Å². The Hall–Kier alpha value is -5.93. The van der Waals surface area contributed by atoms with Gasteiger partial charge in [0.1, 0.15) is 37.9 Å². The van der Waals surface area contributed by atoms with Crippen LogP contribution in [-0.2, 0) is 22.7 Å². The first kappa shape index (κ1) is 35.5. The van der Waals surface area contributed by atoms with E-state index in [2.05, 4.69) is 0 Å².